The molecular weight excluding hydrogens is 246 g/mol. The molecule has 1 aromatic rings. The highest BCUT2D eigenvalue weighted by molar-refractivity contribution is 9.10. The maximum Gasteiger partial charge on any atom is 0.0314 e. The van der Waals surface area contributed by atoms with Gasteiger partial charge in [-0.15, -0.1) is 11.8 Å². The maximum atomic E-state index is 5.74. The lowest BCUT2D eigenvalue weighted by atomic mass is 9.96. The number of fused-ring (bicyclic) bond motifs is 1. The van der Waals surface area contributed by atoms with Gasteiger partial charge in [0.2, 0.25) is 0 Å². The molecule has 0 saturated heterocycles. The summed E-state index contributed by atoms with van der Waals surface area (Å²) in [6.07, 6.45) is 1.21. The van der Waals surface area contributed by atoms with E-state index in [4.69, 9.17) is 5.73 Å². The van der Waals surface area contributed by atoms with Gasteiger partial charge in [-0.2, -0.15) is 0 Å². The topological polar surface area (TPSA) is 26.0 Å². The molecule has 3 heteroatoms. The molecule has 1 atom stereocenters. The van der Waals surface area contributed by atoms with Crippen molar-refractivity contribution in [1.82, 2.24) is 0 Å². The second-order valence-electron chi connectivity index (χ2n) is 3.23. The molecule has 0 spiro atoms. The second kappa shape index (κ2) is 4.03. The van der Waals surface area contributed by atoms with Gasteiger partial charge in [-0.1, -0.05) is 12.1 Å². The average molecular weight is 258 g/mol. The second-order valence-corrected chi connectivity index (χ2v) is 5.19. The smallest absolute Gasteiger partial charge is 0.0314 e. The first kappa shape index (κ1) is 9.56. The summed E-state index contributed by atoms with van der Waals surface area (Å²) in [7, 11) is 0. The molecule has 0 fully saturated rings. The molecule has 2 N–H and O–H groups in total. The van der Waals surface area contributed by atoms with Crippen LogP contribution in [-0.2, 0) is 0 Å². The third-order valence-electron chi connectivity index (χ3n) is 2.43. The summed E-state index contributed by atoms with van der Waals surface area (Å²) in [4.78, 5) is 1.39. The fourth-order valence-corrected chi connectivity index (χ4v) is 3.64. The quantitative estimate of drug-likeness (QED) is 0.838. The van der Waals surface area contributed by atoms with Crippen molar-refractivity contribution in [3.63, 3.8) is 0 Å². The minimum Gasteiger partial charge on any atom is -0.330 e. The monoisotopic (exact) mass is 257 g/mol. The molecule has 1 aliphatic heterocycles. The van der Waals surface area contributed by atoms with E-state index in [1.165, 1.54) is 27.1 Å². The molecule has 1 heterocycles. The predicted molar refractivity (Wildman–Crippen MR) is 61.3 cm³/mol. The van der Waals surface area contributed by atoms with Crippen molar-refractivity contribution in [2.75, 3.05) is 12.3 Å². The predicted octanol–water partition coefficient (Wildman–Crippen LogP) is 2.99. The number of benzene rings is 1. The fraction of sp³-hybridized carbons (Fsp3) is 0.400. The van der Waals surface area contributed by atoms with Gasteiger partial charge in [0.1, 0.15) is 0 Å². The number of hydrogen-bond acceptors (Lipinski definition) is 2. The van der Waals surface area contributed by atoms with Gasteiger partial charge in [-0.05, 0) is 52.2 Å². The van der Waals surface area contributed by atoms with Gasteiger partial charge < -0.3 is 5.73 Å². The normalized spacial score (nSPS) is 21.2. The minimum absolute atomic E-state index is 0.564. The molecule has 1 aromatic carbocycles. The van der Waals surface area contributed by atoms with Crippen molar-refractivity contribution in [3.8, 4) is 0 Å². The first-order chi connectivity index (χ1) is 6.33. The number of halogens is 1. The van der Waals surface area contributed by atoms with Crippen molar-refractivity contribution in [3.05, 3.63) is 28.2 Å². The van der Waals surface area contributed by atoms with E-state index in [1.807, 2.05) is 11.8 Å². The van der Waals surface area contributed by atoms with E-state index in [9.17, 15) is 0 Å². The van der Waals surface area contributed by atoms with Gasteiger partial charge in [-0.25, -0.2) is 0 Å². The Morgan fingerprint density at radius 1 is 1.54 bits per heavy atom. The van der Waals surface area contributed by atoms with Gasteiger partial charge in [0.25, 0.3) is 0 Å². The van der Waals surface area contributed by atoms with E-state index in [0.717, 1.165) is 6.54 Å². The lowest BCUT2D eigenvalue weighted by Crippen LogP contribution is -2.17. The first-order valence-corrected chi connectivity index (χ1v) is 6.22. The summed E-state index contributed by atoms with van der Waals surface area (Å²) in [5.74, 6) is 1.76. The zero-order valence-corrected chi connectivity index (χ0v) is 9.70. The molecule has 1 nitrogen and oxygen atoms in total. The highest BCUT2D eigenvalue weighted by Crippen LogP contribution is 2.40. The highest BCUT2D eigenvalue weighted by Gasteiger charge is 2.20. The van der Waals surface area contributed by atoms with E-state index in [2.05, 4.69) is 34.1 Å². The summed E-state index contributed by atoms with van der Waals surface area (Å²) >= 11 is 5.51. The molecule has 13 heavy (non-hydrogen) atoms. The SMILES string of the molecule is NCC1CCSc2c(Br)cccc21. The van der Waals surface area contributed by atoms with Crippen LogP contribution >= 0.6 is 27.7 Å². The number of rotatable bonds is 1. The third-order valence-corrected chi connectivity index (χ3v) is 4.54. The molecular formula is C10H12BrNS. The van der Waals surface area contributed by atoms with Crippen molar-refractivity contribution < 1.29 is 0 Å². The van der Waals surface area contributed by atoms with Crippen LogP contribution in [0.2, 0.25) is 0 Å². The van der Waals surface area contributed by atoms with Crippen LogP contribution in [0.3, 0.4) is 0 Å². The Balaban J connectivity index is 2.45. The van der Waals surface area contributed by atoms with Gasteiger partial charge >= 0.3 is 0 Å². The Hall–Kier alpha value is 0.0100. The summed E-state index contributed by atoms with van der Waals surface area (Å²) in [5.41, 5.74) is 7.17. The fourth-order valence-electron chi connectivity index (χ4n) is 1.70. The van der Waals surface area contributed by atoms with Crippen LogP contribution in [0.1, 0.15) is 17.9 Å². The van der Waals surface area contributed by atoms with Crippen LogP contribution in [0.4, 0.5) is 0 Å². The number of hydrogen-bond donors (Lipinski definition) is 1. The average Bonchev–Trinajstić information content (AvgIpc) is 2.18. The van der Waals surface area contributed by atoms with E-state index in [0.29, 0.717) is 5.92 Å². The zero-order valence-electron chi connectivity index (χ0n) is 7.29. The first-order valence-electron chi connectivity index (χ1n) is 4.44. The lowest BCUT2D eigenvalue weighted by molar-refractivity contribution is 0.657. The molecule has 0 aromatic heterocycles. The van der Waals surface area contributed by atoms with Crippen LogP contribution in [0.15, 0.2) is 27.6 Å². The highest BCUT2D eigenvalue weighted by atomic mass is 79.9. The number of nitrogens with two attached hydrogens (primary N) is 1. The van der Waals surface area contributed by atoms with Gasteiger partial charge in [0, 0.05) is 9.37 Å². The molecule has 70 valence electrons. The maximum absolute atomic E-state index is 5.74. The summed E-state index contributed by atoms with van der Waals surface area (Å²) in [5, 5.41) is 0. The van der Waals surface area contributed by atoms with E-state index >= 15 is 0 Å². The van der Waals surface area contributed by atoms with E-state index in [1.54, 1.807) is 0 Å². The van der Waals surface area contributed by atoms with E-state index in [-0.39, 0.29) is 0 Å². The molecule has 0 bridgehead atoms. The van der Waals surface area contributed by atoms with Gasteiger partial charge in [-0.3, -0.25) is 0 Å². The number of thioether (sulfide) groups is 1. The Morgan fingerprint density at radius 3 is 3.15 bits per heavy atom. The molecule has 0 amide bonds. The Kier molecular flexibility index (Phi) is 2.96. The van der Waals surface area contributed by atoms with Crippen molar-refractivity contribution in [1.29, 1.82) is 0 Å². The lowest BCUT2D eigenvalue weighted by Gasteiger charge is -2.24. The van der Waals surface area contributed by atoms with Crippen LogP contribution < -0.4 is 5.73 Å². The molecule has 1 aliphatic rings. The van der Waals surface area contributed by atoms with Crippen molar-refractivity contribution in [2.24, 2.45) is 5.73 Å². The van der Waals surface area contributed by atoms with Gasteiger partial charge in [0.15, 0.2) is 0 Å². The van der Waals surface area contributed by atoms with E-state index < -0.39 is 0 Å². The van der Waals surface area contributed by atoms with Crippen molar-refractivity contribution >= 4 is 27.7 Å². The molecule has 0 aliphatic carbocycles. The summed E-state index contributed by atoms with van der Waals surface area (Å²) in [6.45, 7) is 0.768. The van der Waals surface area contributed by atoms with Crippen LogP contribution in [0.5, 0.6) is 0 Å². The zero-order chi connectivity index (χ0) is 9.26. The molecule has 2 rings (SSSR count). The Morgan fingerprint density at radius 2 is 2.38 bits per heavy atom. The molecule has 0 radical (unpaired) electrons. The molecule has 0 saturated carbocycles. The van der Waals surface area contributed by atoms with Crippen LogP contribution in [-0.4, -0.2) is 12.3 Å². The third kappa shape index (κ3) is 1.78. The molecule has 1 unspecified atom stereocenters. The van der Waals surface area contributed by atoms with Gasteiger partial charge in [0.05, 0.1) is 0 Å². The minimum atomic E-state index is 0.564. The largest absolute Gasteiger partial charge is 0.330 e. The van der Waals surface area contributed by atoms with Crippen LogP contribution in [0.25, 0.3) is 0 Å². The van der Waals surface area contributed by atoms with Crippen LogP contribution in [0, 0.1) is 0 Å². The van der Waals surface area contributed by atoms with Crippen molar-refractivity contribution in [2.45, 2.75) is 17.2 Å². The Labute approximate surface area is 91.2 Å². The summed E-state index contributed by atoms with van der Waals surface area (Å²) in [6, 6.07) is 6.39. The summed E-state index contributed by atoms with van der Waals surface area (Å²) < 4.78 is 1.22. The standard InChI is InChI=1S/C10H12BrNS/c11-9-3-1-2-8-7(6-12)4-5-13-10(8)9/h1-3,7H,4-6,12H2. The Bertz CT molecular complexity index is 314.